The summed E-state index contributed by atoms with van der Waals surface area (Å²) >= 11 is 1.69. The molecule has 3 heteroatoms. The molecule has 2 aromatic carbocycles. The normalized spacial score (nSPS) is 10.5. The largest absolute Gasteiger partial charge is 0.398 e. The third-order valence-electron chi connectivity index (χ3n) is 3.47. The summed E-state index contributed by atoms with van der Waals surface area (Å²) in [4.78, 5) is 1.18. The minimum Gasteiger partial charge on any atom is -0.398 e. The molecule has 1 aromatic heterocycles. The molecule has 0 radical (unpaired) electrons. The summed E-state index contributed by atoms with van der Waals surface area (Å²) in [5.74, 6) is 0. The zero-order valence-electron chi connectivity index (χ0n) is 11.8. The van der Waals surface area contributed by atoms with E-state index in [0.29, 0.717) is 0 Å². The summed E-state index contributed by atoms with van der Waals surface area (Å²) in [6.45, 7) is 0.773. The molecule has 0 saturated carbocycles. The fourth-order valence-corrected chi connectivity index (χ4v) is 3.07. The number of hydrogen-bond donors (Lipinski definition) is 2. The van der Waals surface area contributed by atoms with E-state index >= 15 is 0 Å². The molecule has 3 aromatic rings. The van der Waals surface area contributed by atoms with Crippen LogP contribution in [0.25, 0.3) is 0 Å². The quantitative estimate of drug-likeness (QED) is 0.725. The Morgan fingerprint density at radius 1 is 0.905 bits per heavy atom. The van der Waals surface area contributed by atoms with Crippen molar-refractivity contribution in [1.82, 2.24) is 0 Å². The second-order valence-electron chi connectivity index (χ2n) is 4.97. The van der Waals surface area contributed by atoms with Gasteiger partial charge in [0, 0.05) is 16.3 Å². The predicted molar refractivity (Wildman–Crippen MR) is 91.7 cm³/mol. The van der Waals surface area contributed by atoms with Gasteiger partial charge in [0.1, 0.15) is 0 Å². The first-order valence-electron chi connectivity index (χ1n) is 7.00. The molecule has 0 bridgehead atoms. The summed E-state index contributed by atoms with van der Waals surface area (Å²) in [5, 5.41) is 5.54. The first kappa shape index (κ1) is 13.7. The molecule has 0 saturated heterocycles. The van der Waals surface area contributed by atoms with Crippen LogP contribution in [-0.2, 0) is 13.0 Å². The van der Waals surface area contributed by atoms with Gasteiger partial charge in [-0.1, -0.05) is 48.5 Å². The number of para-hydroxylation sites is 1. The summed E-state index contributed by atoms with van der Waals surface area (Å²) in [6.07, 6.45) is 0.934. The topological polar surface area (TPSA) is 38.0 Å². The number of nitrogens with two attached hydrogens (primary N) is 1. The van der Waals surface area contributed by atoms with Gasteiger partial charge in [-0.3, -0.25) is 0 Å². The third kappa shape index (κ3) is 3.44. The minimum atomic E-state index is 0.773. The summed E-state index contributed by atoms with van der Waals surface area (Å²) < 4.78 is 0. The van der Waals surface area contributed by atoms with Crippen LogP contribution in [0.3, 0.4) is 0 Å². The van der Waals surface area contributed by atoms with Crippen molar-refractivity contribution in [1.29, 1.82) is 0 Å². The number of nitrogen functional groups attached to an aromatic ring is 1. The first-order valence-corrected chi connectivity index (χ1v) is 7.88. The first-order chi connectivity index (χ1) is 10.3. The van der Waals surface area contributed by atoms with Gasteiger partial charge in [-0.15, -0.1) is 11.3 Å². The smallest absolute Gasteiger partial charge is 0.0514 e. The third-order valence-corrected chi connectivity index (χ3v) is 4.41. The summed E-state index contributed by atoms with van der Waals surface area (Å²) in [5.41, 5.74) is 10.6. The second-order valence-corrected chi connectivity index (χ2v) is 5.97. The Morgan fingerprint density at radius 2 is 1.67 bits per heavy atom. The molecule has 0 unspecified atom stereocenters. The maximum absolute atomic E-state index is 5.94. The van der Waals surface area contributed by atoms with E-state index in [1.54, 1.807) is 11.3 Å². The van der Waals surface area contributed by atoms with Crippen LogP contribution >= 0.6 is 11.3 Å². The maximum atomic E-state index is 5.94. The van der Waals surface area contributed by atoms with E-state index < -0.39 is 0 Å². The van der Waals surface area contributed by atoms with Crippen molar-refractivity contribution in [3.63, 3.8) is 0 Å². The van der Waals surface area contributed by atoms with Crippen LogP contribution in [-0.4, -0.2) is 0 Å². The Balaban J connectivity index is 1.75. The van der Waals surface area contributed by atoms with E-state index in [-0.39, 0.29) is 0 Å². The van der Waals surface area contributed by atoms with Crippen molar-refractivity contribution in [2.24, 2.45) is 0 Å². The lowest BCUT2D eigenvalue weighted by Crippen LogP contribution is -2.03. The van der Waals surface area contributed by atoms with Gasteiger partial charge in [-0.05, 0) is 35.1 Å². The molecule has 0 amide bonds. The van der Waals surface area contributed by atoms with Gasteiger partial charge in [0.25, 0.3) is 0 Å². The number of hydrogen-bond acceptors (Lipinski definition) is 3. The second kappa shape index (κ2) is 6.46. The number of benzene rings is 2. The average molecular weight is 294 g/mol. The number of anilines is 2. The van der Waals surface area contributed by atoms with Crippen LogP contribution in [0.5, 0.6) is 0 Å². The highest BCUT2D eigenvalue weighted by atomic mass is 32.1. The Labute approximate surface area is 129 Å². The lowest BCUT2D eigenvalue weighted by Gasteiger charge is -2.12. The van der Waals surface area contributed by atoms with E-state index in [0.717, 1.165) is 18.7 Å². The van der Waals surface area contributed by atoms with E-state index in [1.165, 1.54) is 21.7 Å². The monoisotopic (exact) mass is 294 g/mol. The lowest BCUT2D eigenvalue weighted by molar-refractivity contribution is 1.14. The van der Waals surface area contributed by atoms with Crippen molar-refractivity contribution in [3.05, 3.63) is 82.0 Å². The Kier molecular flexibility index (Phi) is 4.22. The van der Waals surface area contributed by atoms with E-state index in [1.807, 2.05) is 17.5 Å². The van der Waals surface area contributed by atoms with Gasteiger partial charge < -0.3 is 11.1 Å². The van der Waals surface area contributed by atoms with Crippen LogP contribution in [0.1, 0.15) is 16.0 Å². The zero-order valence-corrected chi connectivity index (χ0v) is 12.6. The van der Waals surface area contributed by atoms with Gasteiger partial charge >= 0.3 is 0 Å². The molecule has 0 fully saturated rings. The standard InChI is InChI=1S/C18H18N2S/c19-16-10-11-21-18(16)13-20-17-9-5-4-8-15(17)12-14-6-2-1-3-7-14/h1-11,20H,12-13,19H2. The van der Waals surface area contributed by atoms with Gasteiger partial charge in [0.05, 0.1) is 6.54 Å². The summed E-state index contributed by atoms with van der Waals surface area (Å²) in [6, 6.07) is 20.9. The van der Waals surface area contributed by atoms with Crippen LogP contribution in [0.15, 0.2) is 66.0 Å². The fourth-order valence-electron chi connectivity index (χ4n) is 2.33. The molecule has 0 aliphatic rings. The molecule has 21 heavy (non-hydrogen) atoms. The molecule has 106 valence electrons. The highest BCUT2D eigenvalue weighted by Crippen LogP contribution is 2.23. The lowest BCUT2D eigenvalue weighted by atomic mass is 10.0. The molecule has 1 heterocycles. The molecular formula is C18H18N2S. The molecule has 2 nitrogen and oxygen atoms in total. The average Bonchev–Trinajstić information content (AvgIpc) is 2.93. The highest BCUT2D eigenvalue weighted by Gasteiger charge is 2.05. The van der Waals surface area contributed by atoms with Crippen molar-refractivity contribution in [2.75, 3.05) is 11.1 Å². The van der Waals surface area contributed by atoms with Crippen LogP contribution in [0.4, 0.5) is 11.4 Å². The number of nitrogens with one attached hydrogen (secondary N) is 1. The Morgan fingerprint density at radius 3 is 2.43 bits per heavy atom. The molecule has 0 atom stereocenters. The predicted octanol–water partition coefficient (Wildman–Crippen LogP) is 4.53. The number of rotatable bonds is 5. The van der Waals surface area contributed by atoms with Crippen LogP contribution in [0, 0.1) is 0 Å². The van der Waals surface area contributed by atoms with Gasteiger partial charge in [-0.25, -0.2) is 0 Å². The molecule has 0 spiro atoms. The zero-order chi connectivity index (χ0) is 14.5. The summed E-state index contributed by atoms with van der Waals surface area (Å²) in [7, 11) is 0. The Hall–Kier alpha value is -2.26. The van der Waals surface area contributed by atoms with Gasteiger partial charge in [0.2, 0.25) is 0 Å². The maximum Gasteiger partial charge on any atom is 0.0514 e. The van der Waals surface area contributed by atoms with Crippen molar-refractivity contribution in [3.8, 4) is 0 Å². The van der Waals surface area contributed by atoms with Crippen molar-refractivity contribution < 1.29 is 0 Å². The molecular weight excluding hydrogens is 276 g/mol. The molecule has 3 N–H and O–H groups in total. The SMILES string of the molecule is Nc1ccsc1CNc1ccccc1Cc1ccccc1. The van der Waals surface area contributed by atoms with Crippen molar-refractivity contribution >= 4 is 22.7 Å². The van der Waals surface area contributed by atoms with Crippen molar-refractivity contribution in [2.45, 2.75) is 13.0 Å². The van der Waals surface area contributed by atoms with E-state index in [9.17, 15) is 0 Å². The van der Waals surface area contributed by atoms with Gasteiger partial charge in [0.15, 0.2) is 0 Å². The van der Waals surface area contributed by atoms with Crippen LogP contribution in [0.2, 0.25) is 0 Å². The molecule has 3 rings (SSSR count). The molecule has 0 aliphatic carbocycles. The van der Waals surface area contributed by atoms with Gasteiger partial charge in [-0.2, -0.15) is 0 Å². The number of thiophene rings is 1. The van der Waals surface area contributed by atoms with E-state index in [4.69, 9.17) is 5.73 Å². The Bertz CT molecular complexity index is 704. The molecule has 0 aliphatic heterocycles. The highest BCUT2D eigenvalue weighted by molar-refractivity contribution is 7.10. The fraction of sp³-hybridized carbons (Fsp3) is 0.111. The minimum absolute atomic E-state index is 0.773. The van der Waals surface area contributed by atoms with Crippen LogP contribution < -0.4 is 11.1 Å². The van der Waals surface area contributed by atoms with E-state index in [2.05, 4.69) is 53.8 Å².